The smallest absolute Gasteiger partial charge is 0.341 e. The van der Waals surface area contributed by atoms with Crippen LogP contribution in [0.2, 0.25) is 0 Å². The minimum Gasteiger partial charge on any atom is -0.479 e. The predicted molar refractivity (Wildman–Crippen MR) is 73.9 cm³/mol. The van der Waals surface area contributed by atoms with Crippen molar-refractivity contribution in [2.24, 2.45) is 0 Å². The number of rotatable bonds is 2. The fraction of sp³-hybridized carbons (Fsp3) is 0.538. The summed E-state index contributed by atoms with van der Waals surface area (Å²) in [5, 5.41) is 9.41. The van der Waals surface area contributed by atoms with Gasteiger partial charge in [0.1, 0.15) is 10.6 Å². The van der Waals surface area contributed by atoms with Crippen molar-refractivity contribution in [3.8, 4) is 0 Å². The van der Waals surface area contributed by atoms with Crippen molar-refractivity contribution in [1.82, 2.24) is 0 Å². The number of carbonyl (C=O) groups excluding carboxylic acids is 1. The van der Waals surface area contributed by atoms with E-state index >= 15 is 0 Å². The number of carboxylic acids is 1. The number of aliphatic carboxylic acids is 1. The Bertz CT molecular complexity index is 558. The van der Waals surface area contributed by atoms with Crippen molar-refractivity contribution in [2.45, 2.75) is 38.9 Å². The molecule has 2 rings (SSSR count). The standard InChI is InChI=1S/C13H17NO5S/c1-13(2,3)19-12(17)7-6-4-5-18-8(11(15)16)9(6)20-10(7)14/h8H,4-5,14H2,1-3H3,(H,15,16). The van der Waals surface area contributed by atoms with Crippen LogP contribution in [0.15, 0.2) is 0 Å². The Morgan fingerprint density at radius 1 is 1.45 bits per heavy atom. The van der Waals surface area contributed by atoms with E-state index in [1.807, 2.05) is 0 Å². The highest BCUT2D eigenvalue weighted by molar-refractivity contribution is 7.16. The molecule has 0 saturated carbocycles. The van der Waals surface area contributed by atoms with Gasteiger partial charge in [-0.2, -0.15) is 0 Å². The number of hydrogen-bond donors (Lipinski definition) is 2. The van der Waals surface area contributed by atoms with Crippen LogP contribution in [0, 0.1) is 0 Å². The van der Waals surface area contributed by atoms with Gasteiger partial charge < -0.3 is 20.3 Å². The Labute approximate surface area is 120 Å². The number of thiophene rings is 1. The van der Waals surface area contributed by atoms with Gasteiger partial charge in [0.15, 0.2) is 6.10 Å². The zero-order chi connectivity index (χ0) is 15.1. The molecule has 1 unspecified atom stereocenters. The van der Waals surface area contributed by atoms with Crippen LogP contribution in [0.4, 0.5) is 5.00 Å². The average Bonchev–Trinajstić information content (AvgIpc) is 2.61. The molecule has 0 amide bonds. The lowest BCUT2D eigenvalue weighted by Crippen LogP contribution is -2.26. The van der Waals surface area contributed by atoms with E-state index in [9.17, 15) is 9.59 Å². The number of carbonyl (C=O) groups is 2. The van der Waals surface area contributed by atoms with Gasteiger partial charge in [0.2, 0.25) is 0 Å². The number of fused-ring (bicyclic) bond motifs is 1. The lowest BCUT2D eigenvalue weighted by atomic mass is 10.0. The van der Waals surface area contributed by atoms with Gasteiger partial charge in [-0.3, -0.25) is 0 Å². The molecule has 0 spiro atoms. The lowest BCUT2D eigenvalue weighted by Gasteiger charge is -2.22. The fourth-order valence-electron chi connectivity index (χ4n) is 2.05. The molecule has 20 heavy (non-hydrogen) atoms. The maximum absolute atomic E-state index is 12.2. The van der Waals surface area contributed by atoms with E-state index in [0.717, 1.165) is 11.3 Å². The highest BCUT2D eigenvalue weighted by Crippen LogP contribution is 2.40. The van der Waals surface area contributed by atoms with Crippen molar-refractivity contribution in [2.75, 3.05) is 12.3 Å². The van der Waals surface area contributed by atoms with E-state index in [2.05, 4.69) is 0 Å². The molecule has 6 nitrogen and oxygen atoms in total. The van der Waals surface area contributed by atoms with Crippen molar-refractivity contribution in [3.05, 3.63) is 16.0 Å². The third-order valence-corrected chi connectivity index (χ3v) is 3.87. The molecule has 7 heteroatoms. The highest BCUT2D eigenvalue weighted by atomic mass is 32.1. The van der Waals surface area contributed by atoms with Crippen LogP contribution >= 0.6 is 11.3 Å². The summed E-state index contributed by atoms with van der Waals surface area (Å²) < 4.78 is 10.5. The van der Waals surface area contributed by atoms with Crippen molar-refractivity contribution in [1.29, 1.82) is 0 Å². The summed E-state index contributed by atoms with van der Waals surface area (Å²) in [5.74, 6) is -1.60. The van der Waals surface area contributed by atoms with Gasteiger partial charge in [-0.15, -0.1) is 11.3 Å². The van der Waals surface area contributed by atoms with Crippen LogP contribution in [0.25, 0.3) is 0 Å². The Morgan fingerprint density at radius 2 is 2.10 bits per heavy atom. The minimum atomic E-state index is -1.08. The van der Waals surface area contributed by atoms with E-state index < -0.39 is 23.6 Å². The summed E-state index contributed by atoms with van der Waals surface area (Å²) in [4.78, 5) is 23.9. The van der Waals surface area contributed by atoms with Crippen LogP contribution in [0.3, 0.4) is 0 Å². The molecule has 0 aliphatic carbocycles. The number of anilines is 1. The van der Waals surface area contributed by atoms with E-state index in [-0.39, 0.29) is 17.2 Å². The third kappa shape index (κ3) is 2.78. The van der Waals surface area contributed by atoms with Crippen molar-refractivity contribution in [3.63, 3.8) is 0 Å². The summed E-state index contributed by atoms with van der Waals surface area (Å²) in [7, 11) is 0. The van der Waals surface area contributed by atoms with Gasteiger partial charge in [0.05, 0.1) is 17.0 Å². The number of ether oxygens (including phenoxy) is 2. The van der Waals surface area contributed by atoms with E-state index in [1.165, 1.54) is 0 Å². The molecule has 1 aromatic heterocycles. The SMILES string of the molecule is CC(C)(C)OC(=O)c1c(N)sc2c1CCOC2C(=O)O. The Balaban J connectivity index is 2.41. The van der Waals surface area contributed by atoms with Gasteiger partial charge in [0, 0.05) is 0 Å². The van der Waals surface area contributed by atoms with Crippen LogP contribution in [0.5, 0.6) is 0 Å². The largest absolute Gasteiger partial charge is 0.479 e. The van der Waals surface area contributed by atoms with Gasteiger partial charge >= 0.3 is 11.9 Å². The molecule has 1 atom stereocenters. The number of hydrogen-bond acceptors (Lipinski definition) is 6. The molecule has 3 N–H and O–H groups in total. The first-order valence-corrected chi connectivity index (χ1v) is 7.01. The number of nitrogens with two attached hydrogens (primary N) is 1. The van der Waals surface area contributed by atoms with Crippen LogP contribution in [0.1, 0.15) is 47.7 Å². The van der Waals surface area contributed by atoms with Gasteiger partial charge in [-0.25, -0.2) is 9.59 Å². The first-order valence-electron chi connectivity index (χ1n) is 6.19. The van der Waals surface area contributed by atoms with Crippen LogP contribution in [-0.2, 0) is 20.7 Å². The van der Waals surface area contributed by atoms with E-state index in [0.29, 0.717) is 16.9 Å². The maximum Gasteiger partial charge on any atom is 0.341 e. The fourth-order valence-corrected chi connectivity index (χ4v) is 3.20. The second-order valence-electron chi connectivity index (χ2n) is 5.53. The normalized spacial score (nSPS) is 18.4. The topological polar surface area (TPSA) is 98.9 Å². The number of esters is 1. The zero-order valence-corrected chi connectivity index (χ0v) is 12.4. The summed E-state index contributed by atoms with van der Waals surface area (Å²) in [6, 6.07) is 0. The zero-order valence-electron chi connectivity index (χ0n) is 11.6. The molecule has 0 fully saturated rings. The van der Waals surface area contributed by atoms with Crippen LogP contribution in [-0.4, -0.2) is 29.3 Å². The summed E-state index contributed by atoms with van der Waals surface area (Å²) >= 11 is 1.08. The predicted octanol–water partition coefficient (Wildman–Crippen LogP) is 1.98. The quantitative estimate of drug-likeness (QED) is 0.810. The minimum absolute atomic E-state index is 0.246. The second-order valence-corrected chi connectivity index (χ2v) is 6.61. The molecule has 0 radical (unpaired) electrons. The lowest BCUT2D eigenvalue weighted by molar-refractivity contribution is -0.151. The van der Waals surface area contributed by atoms with E-state index in [1.54, 1.807) is 20.8 Å². The Hall–Kier alpha value is -1.60. The molecular weight excluding hydrogens is 282 g/mol. The first-order chi connectivity index (χ1) is 9.20. The molecule has 0 bridgehead atoms. The van der Waals surface area contributed by atoms with Crippen LogP contribution < -0.4 is 5.73 Å². The third-order valence-electron chi connectivity index (χ3n) is 2.77. The molecular formula is C13H17NO5S. The maximum atomic E-state index is 12.2. The molecule has 0 saturated heterocycles. The summed E-state index contributed by atoms with van der Waals surface area (Å²) in [6.45, 7) is 5.55. The molecule has 110 valence electrons. The summed E-state index contributed by atoms with van der Waals surface area (Å²) in [5.41, 5.74) is 6.17. The van der Waals surface area contributed by atoms with E-state index in [4.69, 9.17) is 20.3 Å². The average molecular weight is 299 g/mol. The Morgan fingerprint density at radius 3 is 2.65 bits per heavy atom. The summed E-state index contributed by atoms with van der Waals surface area (Å²) in [6.07, 6.45) is -0.594. The highest BCUT2D eigenvalue weighted by Gasteiger charge is 2.35. The molecule has 1 aromatic rings. The van der Waals surface area contributed by atoms with Gasteiger partial charge in [-0.05, 0) is 32.8 Å². The first kappa shape index (κ1) is 14.8. The monoisotopic (exact) mass is 299 g/mol. The van der Waals surface area contributed by atoms with Gasteiger partial charge in [-0.1, -0.05) is 0 Å². The van der Waals surface area contributed by atoms with Crippen molar-refractivity contribution >= 4 is 28.3 Å². The number of nitrogen functional groups attached to an aromatic ring is 1. The molecule has 1 aliphatic rings. The van der Waals surface area contributed by atoms with Gasteiger partial charge in [0.25, 0.3) is 0 Å². The van der Waals surface area contributed by atoms with Crippen molar-refractivity contribution < 1.29 is 24.2 Å². The Kier molecular flexibility index (Phi) is 3.75. The second kappa shape index (κ2) is 5.06. The number of carboxylic acid groups (broad SMARTS) is 1. The molecule has 2 heterocycles. The molecule has 1 aliphatic heterocycles. The molecule has 0 aromatic carbocycles.